The Labute approximate surface area is 111 Å². The molecule has 1 aliphatic rings. The van der Waals surface area contributed by atoms with Gasteiger partial charge in [0.1, 0.15) is 0 Å². The van der Waals surface area contributed by atoms with E-state index < -0.39 is 0 Å². The lowest BCUT2D eigenvalue weighted by Gasteiger charge is -2.41. The zero-order chi connectivity index (χ0) is 13.1. The van der Waals surface area contributed by atoms with Crippen molar-refractivity contribution < 1.29 is 0 Å². The normalized spacial score (nSPS) is 25.6. The average Bonchev–Trinajstić information content (AvgIpc) is 2.32. The van der Waals surface area contributed by atoms with E-state index in [0.717, 1.165) is 19.6 Å². The SMILES string of the molecule is Cc1ccncc1CN1CC(C)NCC1C(C)C. The van der Waals surface area contributed by atoms with E-state index in [-0.39, 0.29) is 0 Å². The van der Waals surface area contributed by atoms with Crippen LogP contribution in [0.3, 0.4) is 0 Å². The van der Waals surface area contributed by atoms with Crippen LogP contribution in [0.5, 0.6) is 0 Å². The van der Waals surface area contributed by atoms with Gasteiger partial charge in [0, 0.05) is 44.1 Å². The van der Waals surface area contributed by atoms with Gasteiger partial charge in [-0.05, 0) is 37.0 Å². The second-order valence-corrected chi connectivity index (χ2v) is 5.85. The molecule has 0 spiro atoms. The maximum absolute atomic E-state index is 4.26. The summed E-state index contributed by atoms with van der Waals surface area (Å²) in [5, 5.41) is 3.59. The molecular weight excluding hydrogens is 222 g/mol. The fourth-order valence-corrected chi connectivity index (χ4v) is 2.72. The van der Waals surface area contributed by atoms with E-state index in [1.54, 1.807) is 0 Å². The Hall–Kier alpha value is -0.930. The molecule has 1 aromatic rings. The minimum absolute atomic E-state index is 0.581. The summed E-state index contributed by atoms with van der Waals surface area (Å²) in [6.07, 6.45) is 3.89. The highest BCUT2D eigenvalue weighted by molar-refractivity contribution is 5.21. The van der Waals surface area contributed by atoms with Gasteiger partial charge in [-0.15, -0.1) is 0 Å². The Morgan fingerprint density at radius 2 is 2.28 bits per heavy atom. The van der Waals surface area contributed by atoms with Crippen LogP contribution in [0.4, 0.5) is 0 Å². The van der Waals surface area contributed by atoms with Gasteiger partial charge in [-0.3, -0.25) is 9.88 Å². The van der Waals surface area contributed by atoms with Gasteiger partial charge in [-0.1, -0.05) is 13.8 Å². The molecule has 0 amide bonds. The van der Waals surface area contributed by atoms with E-state index in [0.29, 0.717) is 18.0 Å². The molecule has 2 rings (SSSR count). The fraction of sp³-hybridized carbons (Fsp3) is 0.667. The molecule has 18 heavy (non-hydrogen) atoms. The number of aromatic nitrogens is 1. The van der Waals surface area contributed by atoms with Crippen molar-refractivity contribution >= 4 is 0 Å². The van der Waals surface area contributed by atoms with E-state index in [2.05, 4.69) is 49.0 Å². The van der Waals surface area contributed by atoms with Crippen molar-refractivity contribution in [1.29, 1.82) is 0 Å². The monoisotopic (exact) mass is 247 g/mol. The molecule has 1 aromatic heterocycles. The number of hydrogen-bond acceptors (Lipinski definition) is 3. The molecule has 1 saturated heterocycles. The zero-order valence-electron chi connectivity index (χ0n) is 12.0. The topological polar surface area (TPSA) is 28.2 Å². The molecule has 3 heteroatoms. The molecule has 1 fully saturated rings. The Kier molecular flexibility index (Phi) is 4.36. The predicted molar refractivity (Wildman–Crippen MR) is 75.5 cm³/mol. The van der Waals surface area contributed by atoms with Crippen LogP contribution in [0.2, 0.25) is 0 Å². The van der Waals surface area contributed by atoms with E-state index in [4.69, 9.17) is 0 Å². The maximum Gasteiger partial charge on any atom is 0.0315 e. The third-order valence-electron chi connectivity index (χ3n) is 3.94. The summed E-state index contributed by atoms with van der Waals surface area (Å²) in [5.74, 6) is 0.682. The summed E-state index contributed by atoms with van der Waals surface area (Å²) in [6, 6.07) is 3.31. The lowest BCUT2D eigenvalue weighted by atomic mass is 9.97. The number of piperazine rings is 1. The number of nitrogens with zero attached hydrogens (tertiary/aromatic N) is 2. The molecule has 0 aliphatic carbocycles. The van der Waals surface area contributed by atoms with Gasteiger partial charge in [-0.25, -0.2) is 0 Å². The first kappa shape index (κ1) is 13.5. The first-order valence-electron chi connectivity index (χ1n) is 6.95. The van der Waals surface area contributed by atoms with E-state index in [9.17, 15) is 0 Å². The highest BCUT2D eigenvalue weighted by Gasteiger charge is 2.28. The summed E-state index contributed by atoms with van der Waals surface area (Å²) in [4.78, 5) is 6.86. The second kappa shape index (κ2) is 5.81. The summed E-state index contributed by atoms with van der Waals surface area (Å²) in [5.41, 5.74) is 2.70. The maximum atomic E-state index is 4.26. The van der Waals surface area contributed by atoms with Crippen LogP contribution in [0, 0.1) is 12.8 Å². The number of nitrogens with one attached hydrogen (secondary N) is 1. The number of hydrogen-bond donors (Lipinski definition) is 1. The summed E-state index contributed by atoms with van der Waals surface area (Å²) in [7, 11) is 0. The van der Waals surface area contributed by atoms with Crippen LogP contribution in [-0.2, 0) is 6.54 Å². The molecule has 100 valence electrons. The number of aryl methyl sites for hydroxylation is 1. The van der Waals surface area contributed by atoms with Gasteiger partial charge < -0.3 is 5.32 Å². The summed E-state index contributed by atoms with van der Waals surface area (Å²) >= 11 is 0. The van der Waals surface area contributed by atoms with Crippen LogP contribution in [0.25, 0.3) is 0 Å². The highest BCUT2D eigenvalue weighted by Crippen LogP contribution is 2.19. The van der Waals surface area contributed by atoms with E-state index in [1.165, 1.54) is 11.1 Å². The smallest absolute Gasteiger partial charge is 0.0315 e. The van der Waals surface area contributed by atoms with Crippen molar-refractivity contribution in [3.05, 3.63) is 29.6 Å². The highest BCUT2D eigenvalue weighted by atomic mass is 15.2. The van der Waals surface area contributed by atoms with Crippen molar-refractivity contribution in [1.82, 2.24) is 15.2 Å². The average molecular weight is 247 g/mol. The third-order valence-corrected chi connectivity index (χ3v) is 3.94. The molecule has 0 radical (unpaired) electrons. The lowest BCUT2D eigenvalue weighted by molar-refractivity contribution is 0.0953. The van der Waals surface area contributed by atoms with Crippen LogP contribution in [0.1, 0.15) is 31.9 Å². The first-order valence-corrected chi connectivity index (χ1v) is 6.95. The van der Waals surface area contributed by atoms with Crippen molar-refractivity contribution in [2.75, 3.05) is 13.1 Å². The Morgan fingerprint density at radius 1 is 1.50 bits per heavy atom. The molecule has 0 aromatic carbocycles. The predicted octanol–water partition coefficient (Wildman–Crippen LogP) is 2.21. The minimum atomic E-state index is 0.581. The molecule has 2 heterocycles. The second-order valence-electron chi connectivity index (χ2n) is 5.85. The summed E-state index contributed by atoms with van der Waals surface area (Å²) < 4.78 is 0. The van der Waals surface area contributed by atoms with Gasteiger partial charge in [-0.2, -0.15) is 0 Å². The Morgan fingerprint density at radius 3 is 2.94 bits per heavy atom. The first-order chi connectivity index (χ1) is 8.58. The molecule has 2 atom stereocenters. The molecule has 0 bridgehead atoms. The minimum Gasteiger partial charge on any atom is -0.311 e. The Bertz CT molecular complexity index is 389. The molecule has 2 unspecified atom stereocenters. The molecule has 1 N–H and O–H groups in total. The van der Waals surface area contributed by atoms with Crippen LogP contribution in [0.15, 0.2) is 18.5 Å². The quantitative estimate of drug-likeness (QED) is 0.887. The van der Waals surface area contributed by atoms with Crippen LogP contribution >= 0.6 is 0 Å². The van der Waals surface area contributed by atoms with Crippen LogP contribution in [-0.4, -0.2) is 35.1 Å². The van der Waals surface area contributed by atoms with Crippen LogP contribution < -0.4 is 5.32 Å². The van der Waals surface area contributed by atoms with E-state index >= 15 is 0 Å². The van der Waals surface area contributed by atoms with Gasteiger partial charge in [0.2, 0.25) is 0 Å². The van der Waals surface area contributed by atoms with Gasteiger partial charge in [0.15, 0.2) is 0 Å². The van der Waals surface area contributed by atoms with Gasteiger partial charge in [0.25, 0.3) is 0 Å². The van der Waals surface area contributed by atoms with Crippen molar-refractivity contribution in [3.63, 3.8) is 0 Å². The fourth-order valence-electron chi connectivity index (χ4n) is 2.72. The Balaban J connectivity index is 2.11. The summed E-state index contributed by atoms with van der Waals surface area (Å²) in [6.45, 7) is 12.3. The number of pyridine rings is 1. The van der Waals surface area contributed by atoms with E-state index in [1.807, 2.05) is 12.4 Å². The zero-order valence-corrected chi connectivity index (χ0v) is 12.0. The van der Waals surface area contributed by atoms with Crippen molar-refractivity contribution in [3.8, 4) is 0 Å². The third kappa shape index (κ3) is 3.09. The number of rotatable bonds is 3. The van der Waals surface area contributed by atoms with Gasteiger partial charge in [0.05, 0.1) is 0 Å². The largest absolute Gasteiger partial charge is 0.311 e. The standard InChI is InChI=1S/C15H25N3/c1-11(2)15-8-17-13(4)9-18(15)10-14-7-16-6-5-12(14)3/h5-7,11,13,15,17H,8-10H2,1-4H3. The molecular formula is C15H25N3. The lowest BCUT2D eigenvalue weighted by Crippen LogP contribution is -2.56. The van der Waals surface area contributed by atoms with Crippen molar-refractivity contribution in [2.24, 2.45) is 5.92 Å². The van der Waals surface area contributed by atoms with Gasteiger partial charge >= 0.3 is 0 Å². The van der Waals surface area contributed by atoms with Crippen molar-refractivity contribution in [2.45, 2.75) is 46.3 Å². The molecule has 0 saturated carbocycles. The molecule has 1 aliphatic heterocycles. The molecule has 3 nitrogen and oxygen atoms in total.